The van der Waals surface area contributed by atoms with E-state index in [2.05, 4.69) is 37.3 Å². The third-order valence-electron chi connectivity index (χ3n) is 7.09. The van der Waals surface area contributed by atoms with Crippen LogP contribution in [0.25, 0.3) is 0 Å². The fraction of sp³-hybridized carbons (Fsp3) is 0.444. The van der Waals surface area contributed by atoms with Gasteiger partial charge in [0.2, 0.25) is 11.0 Å². The van der Waals surface area contributed by atoms with Crippen LogP contribution in [0.2, 0.25) is 0 Å². The predicted molar refractivity (Wildman–Crippen MR) is 145 cm³/mol. The number of carbonyl (C=O) groups is 2. The fourth-order valence-corrected chi connectivity index (χ4v) is 5.78. The van der Waals surface area contributed by atoms with Crippen LogP contribution in [0.15, 0.2) is 54.1 Å². The molecule has 0 saturated carbocycles. The van der Waals surface area contributed by atoms with E-state index in [1.165, 1.54) is 31.0 Å². The molecule has 200 valence electrons. The number of likely N-dealkylation sites (tertiary alicyclic amines) is 2. The van der Waals surface area contributed by atoms with Crippen molar-refractivity contribution in [3.8, 4) is 5.88 Å². The average Bonchev–Trinajstić information content (AvgIpc) is 3.45. The Labute approximate surface area is 226 Å². The Balaban J connectivity index is 1.07. The number of aromatic nitrogens is 4. The highest BCUT2D eigenvalue weighted by Gasteiger charge is 2.26. The van der Waals surface area contributed by atoms with Gasteiger partial charge in [-0.25, -0.2) is 14.8 Å². The van der Waals surface area contributed by atoms with Crippen LogP contribution >= 0.6 is 11.8 Å². The molecule has 0 radical (unpaired) electrons. The Morgan fingerprint density at radius 3 is 2.55 bits per heavy atom. The van der Waals surface area contributed by atoms with Gasteiger partial charge in [-0.1, -0.05) is 30.3 Å². The molecule has 1 atom stereocenters. The zero-order valence-corrected chi connectivity index (χ0v) is 22.3. The second-order valence-electron chi connectivity index (χ2n) is 9.81. The van der Waals surface area contributed by atoms with Gasteiger partial charge in [-0.3, -0.25) is 14.8 Å². The number of pyridine rings is 1. The number of nitrogens with zero attached hydrogens (tertiary/aromatic N) is 5. The number of amides is 2. The standard InChI is InChI=1S/C27H33N7O3S/c1-19-4-2-3-13-34(19)17-20-5-7-21(8-6-20)25(35)31-22-9-10-24(28-16-22)37-27(36)33-14-11-23(12-15-33)38-26-29-18-30-32-26/h5-10,16,18-19,23H,2-4,11-15,17H2,1H3,(H,31,35)(H,29,30,32). The number of anilines is 1. The van der Waals surface area contributed by atoms with Gasteiger partial charge in [0.05, 0.1) is 11.9 Å². The number of ether oxygens (including phenoxy) is 1. The molecule has 0 spiro atoms. The second-order valence-corrected chi connectivity index (χ2v) is 11.1. The van der Waals surface area contributed by atoms with Crippen LogP contribution < -0.4 is 10.1 Å². The molecule has 38 heavy (non-hydrogen) atoms. The average molecular weight is 536 g/mol. The zero-order chi connectivity index (χ0) is 26.3. The molecule has 0 aliphatic carbocycles. The Hall–Kier alpha value is -3.44. The van der Waals surface area contributed by atoms with Crippen LogP contribution in [0.4, 0.5) is 10.5 Å². The molecular formula is C27H33N7O3S. The molecule has 2 amide bonds. The minimum atomic E-state index is -0.422. The molecule has 11 heteroatoms. The lowest BCUT2D eigenvalue weighted by atomic mass is 10.0. The number of H-pyrrole nitrogens is 1. The number of thioether (sulfide) groups is 1. The molecule has 2 aliphatic rings. The number of hydrogen-bond donors (Lipinski definition) is 2. The third-order valence-corrected chi connectivity index (χ3v) is 8.31. The zero-order valence-electron chi connectivity index (χ0n) is 21.5. The molecule has 4 heterocycles. The molecular weight excluding hydrogens is 502 g/mol. The minimum absolute atomic E-state index is 0.196. The highest BCUT2D eigenvalue weighted by molar-refractivity contribution is 7.99. The first-order chi connectivity index (χ1) is 18.5. The predicted octanol–water partition coefficient (Wildman–Crippen LogP) is 4.58. The summed E-state index contributed by atoms with van der Waals surface area (Å²) >= 11 is 1.62. The quantitative estimate of drug-likeness (QED) is 0.452. The number of nitrogens with one attached hydrogen (secondary N) is 2. The summed E-state index contributed by atoms with van der Waals surface area (Å²) in [6, 6.07) is 11.6. The van der Waals surface area contributed by atoms with Gasteiger partial charge < -0.3 is 15.0 Å². The second kappa shape index (κ2) is 12.4. The van der Waals surface area contributed by atoms with Crippen LogP contribution in [0.1, 0.15) is 54.9 Å². The molecule has 2 saturated heterocycles. The first-order valence-corrected chi connectivity index (χ1v) is 14.0. The molecule has 2 N–H and O–H groups in total. The van der Waals surface area contributed by atoms with E-state index in [9.17, 15) is 9.59 Å². The number of piperidine rings is 2. The van der Waals surface area contributed by atoms with Gasteiger partial charge in [0.15, 0.2) is 0 Å². The van der Waals surface area contributed by atoms with Crippen molar-refractivity contribution in [2.24, 2.45) is 0 Å². The summed E-state index contributed by atoms with van der Waals surface area (Å²) in [5.41, 5.74) is 2.33. The molecule has 2 fully saturated rings. The summed E-state index contributed by atoms with van der Waals surface area (Å²) in [7, 11) is 0. The van der Waals surface area contributed by atoms with Crippen molar-refractivity contribution >= 4 is 29.4 Å². The first-order valence-electron chi connectivity index (χ1n) is 13.1. The third kappa shape index (κ3) is 6.90. The van der Waals surface area contributed by atoms with Crippen LogP contribution in [-0.4, -0.2) is 72.9 Å². The largest absolute Gasteiger partial charge is 0.416 e. The van der Waals surface area contributed by atoms with E-state index in [-0.39, 0.29) is 11.8 Å². The van der Waals surface area contributed by atoms with Gasteiger partial charge in [0, 0.05) is 42.6 Å². The topological polar surface area (TPSA) is 116 Å². The minimum Gasteiger partial charge on any atom is -0.391 e. The van der Waals surface area contributed by atoms with Crippen molar-refractivity contribution in [1.29, 1.82) is 0 Å². The number of carbonyl (C=O) groups excluding carboxylic acids is 2. The number of rotatable bonds is 7. The Bertz CT molecular complexity index is 1200. The molecule has 2 aromatic heterocycles. The van der Waals surface area contributed by atoms with Gasteiger partial charge in [-0.05, 0) is 62.9 Å². The maximum absolute atomic E-state index is 12.7. The van der Waals surface area contributed by atoms with Crippen LogP contribution in [0.3, 0.4) is 0 Å². The monoisotopic (exact) mass is 535 g/mol. The van der Waals surface area contributed by atoms with Crippen LogP contribution in [-0.2, 0) is 6.54 Å². The first kappa shape index (κ1) is 26.2. The van der Waals surface area contributed by atoms with E-state index in [0.717, 1.165) is 31.1 Å². The summed E-state index contributed by atoms with van der Waals surface area (Å²) in [5, 5.41) is 10.7. The van der Waals surface area contributed by atoms with Gasteiger partial charge in [-0.15, -0.1) is 5.10 Å². The molecule has 10 nitrogen and oxygen atoms in total. The molecule has 3 aromatic rings. The highest BCUT2D eigenvalue weighted by atomic mass is 32.2. The lowest BCUT2D eigenvalue weighted by Gasteiger charge is -2.33. The summed E-state index contributed by atoms with van der Waals surface area (Å²) < 4.78 is 5.45. The smallest absolute Gasteiger partial charge is 0.391 e. The van der Waals surface area contributed by atoms with Crippen molar-refractivity contribution in [3.63, 3.8) is 0 Å². The summed E-state index contributed by atoms with van der Waals surface area (Å²) in [4.78, 5) is 37.8. The highest BCUT2D eigenvalue weighted by Crippen LogP contribution is 2.28. The fourth-order valence-electron chi connectivity index (χ4n) is 4.82. The molecule has 0 bridgehead atoms. The van der Waals surface area contributed by atoms with Gasteiger partial charge in [-0.2, -0.15) is 0 Å². The van der Waals surface area contributed by atoms with Crippen LogP contribution in [0.5, 0.6) is 5.88 Å². The molecule has 2 aliphatic heterocycles. The number of aromatic amines is 1. The molecule has 1 unspecified atom stereocenters. The van der Waals surface area contributed by atoms with E-state index in [1.54, 1.807) is 35.1 Å². The van der Waals surface area contributed by atoms with E-state index >= 15 is 0 Å². The maximum atomic E-state index is 12.7. The maximum Gasteiger partial charge on any atom is 0.416 e. The van der Waals surface area contributed by atoms with Crippen molar-refractivity contribution < 1.29 is 14.3 Å². The Morgan fingerprint density at radius 1 is 1.05 bits per heavy atom. The van der Waals surface area contributed by atoms with Gasteiger partial charge in [0.1, 0.15) is 6.33 Å². The van der Waals surface area contributed by atoms with Crippen LogP contribution in [0, 0.1) is 0 Å². The van der Waals surface area contributed by atoms with Crippen molar-refractivity contribution in [1.82, 2.24) is 30.0 Å². The lowest BCUT2D eigenvalue weighted by molar-refractivity contribution is 0.102. The van der Waals surface area contributed by atoms with Crippen molar-refractivity contribution in [3.05, 3.63) is 60.0 Å². The van der Waals surface area contributed by atoms with E-state index < -0.39 is 6.09 Å². The number of benzene rings is 1. The molecule has 5 rings (SSSR count). The van der Waals surface area contributed by atoms with E-state index in [4.69, 9.17) is 4.74 Å². The van der Waals surface area contributed by atoms with E-state index in [0.29, 0.717) is 35.6 Å². The summed E-state index contributed by atoms with van der Waals surface area (Å²) in [6.07, 6.45) is 8.11. The Kier molecular flexibility index (Phi) is 8.54. The normalized spacial score (nSPS) is 18.8. The lowest BCUT2D eigenvalue weighted by Crippen LogP contribution is -2.41. The SMILES string of the molecule is CC1CCCCN1Cc1ccc(C(=O)Nc2ccc(OC(=O)N3CCC(Sc4nc[nH]n4)CC3)nc2)cc1. The van der Waals surface area contributed by atoms with Crippen molar-refractivity contribution in [2.45, 2.75) is 62.0 Å². The van der Waals surface area contributed by atoms with E-state index in [1.807, 2.05) is 24.3 Å². The Morgan fingerprint density at radius 2 is 1.87 bits per heavy atom. The van der Waals surface area contributed by atoms with Crippen molar-refractivity contribution in [2.75, 3.05) is 25.0 Å². The van der Waals surface area contributed by atoms with Gasteiger partial charge >= 0.3 is 6.09 Å². The summed E-state index contributed by atoms with van der Waals surface area (Å²) in [6.45, 7) is 5.53. The summed E-state index contributed by atoms with van der Waals surface area (Å²) in [5.74, 6) is -0.0123. The number of hydrogen-bond acceptors (Lipinski definition) is 8. The molecule has 1 aromatic carbocycles. The van der Waals surface area contributed by atoms with Gasteiger partial charge in [0.25, 0.3) is 5.91 Å².